The minimum atomic E-state index is -0.483. The van der Waals surface area contributed by atoms with Crippen LogP contribution in [0.3, 0.4) is 0 Å². The summed E-state index contributed by atoms with van der Waals surface area (Å²) < 4.78 is 0. The van der Waals surface area contributed by atoms with Gasteiger partial charge in [-0.25, -0.2) is 0 Å². The standard InChI is InChI=1S/C21H26N2O3S/c24-12-17-6-3-9-23(17)21(26)19-20(27-13-22-19)18(25)8-7-14-10-15-4-1-2-5-16(15)11-14/h1-2,4-5,12,14,17,19-20,22H,3,6-11,13H2/t17-,19-,20?/m0/s1. The first-order valence-electron chi connectivity index (χ1n) is 9.87. The molecule has 2 heterocycles. The quantitative estimate of drug-likeness (QED) is 0.757. The van der Waals surface area contributed by atoms with Crippen molar-refractivity contribution in [1.29, 1.82) is 0 Å². The van der Waals surface area contributed by atoms with Crippen LogP contribution in [0.5, 0.6) is 0 Å². The van der Waals surface area contributed by atoms with E-state index in [1.54, 1.807) is 4.90 Å². The van der Waals surface area contributed by atoms with E-state index in [-0.39, 0.29) is 23.0 Å². The predicted molar refractivity (Wildman–Crippen MR) is 106 cm³/mol. The minimum absolute atomic E-state index is 0.0822. The summed E-state index contributed by atoms with van der Waals surface area (Å²) in [5, 5.41) is 2.86. The molecule has 4 rings (SSSR count). The first-order chi connectivity index (χ1) is 13.2. The number of fused-ring (bicyclic) bond motifs is 1. The fourth-order valence-electron chi connectivity index (χ4n) is 4.66. The monoisotopic (exact) mass is 386 g/mol. The number of carbonyl (C=O) groups is 3. The number of aldehydes is 1. The molecule has 0 bridgehead atoms. The Morgan fingerprint density at radius 1 is 1.22 bits per heavy atom. The molecule has 3 atom stereocenters. The normalized spacial score (nSPS) is 27.7. The molecule has 6 heteroatoms. The molecular formula is C21H26N2O3S. The van der Waals surface area contributed by atoms with Crippen molar-refractivity contribution in [2.45, 2.75) is 55.9 Å². The number of hydrogen-bond donors (Lipinski definition) is 1. The molecule has 1 amide bonds. The molecule has 144 valence electrons. The highest BCUT2D eigenvalue weighted by Crippen LogP contribution is 2.32. The van der Waals surface area contributed by atoms with E-state index in [2.05, 4.69) is 29.6 Å². The summed E-state index contributed by atoms with van der Waals surface area (Å²) in [7, 11) is 0. The summed E-state index contributed by atoms with van der Waals surface area (Å²) >= 11 is 1.53. The molecule has 1 aromatic carbocycles. The van der Waals surface area contributed by atoms with E-state index in [0.29, 0.717) is 24.8 Å². The number of hydrogen-bond acceptors (Lipinski definition) is 5. The average molecular weight is 387 g/mol. The number of rotatable bonds is 6. The van der Waals surface area contributed by atoms with Crippen molar-refractivity contribution in [3.05, 3.63) is 35.4 Å². The number of Topliss-reactive ketones (excluding diaryl/α,β-unsaturated/α-hetero) is 1. The molecule has 2 saturated heterocycles. The Balaban J connectivity index is 1.33. The van der Waals surface area contributed by atoms with Crippen LogP contribution in [0, 0.1) is 5.92 Å². The summed E-state index contributed by atoms with van der Waals surface area (Å²) in [5.41, 5.74) is 2.82. The van der Waals surface area contributed by atoms with Crippen LogP contribution in [0.25, 0.3) is 0 Å². The van der Waals surface area contributed by atoms with Gasteiger partial charge in [0.2, 0.25) is 5.91 Å². The van der Waals surface area contributed by atoms with Crippen LogP contribution >= 0.6 is 11.8 Å². The predicted octanol–water partition coefficient (Wildman–Crippen LogP) is 1.97. The van der Waals surface area contributed by atoms with Crippen molar-refractivity contribution in [2.75, 3.05) is 12.4 Å². The second-order valence-electron chi connectivity index (χ2n) is 7.84. The third-order valence-corrected chi connectivity index (χ3v) is 7.35. The Morgan fingerprint density at radius 2 is 1.96 bits per heavy atom. The van der Waals surface area contributed by atoms with Gasteiger partial charge in [-0.3, -0.25) is 14.9 Å². The topological polar surface area (TPSA) is 66.5 Å². The third kappa shape index (κ3) is 3.83. The first kappa shape index (κ1) is 18.7. The molecule has 5 nitrogen and oxygen atoms in total. The summed E-state index contributed by atoms with van der Waals surface area (Å²) in [6, 6.07) is 7.72. The van der Waals surface area contributed by atoms with E-state index < -0.39 is 6.04 Å². The van der Waals surface area contributed by atoms with Crippen molar-refractivity contribution < 1.29 is 14.4 Å². The zero-order valence-electron chi connectivity index (χ0n) is 15.4. The van der Waals surface area contributed by atoms with Gasteiger partial charge < -0.3 is 9.69 Å². The van der Waals surface area contributed by atoms with Gasteiger partial charge in [0.1, 0.15) is 18.1 Å². The first-order valence-corrected chi connectivity index (χ1v) is 10.9. The highest BCUT2D eigenvalue weighted by atomic mass is 32.2. The van der Waals surface area contributed by atoms with Gasteiger partial charge in [-0.2, -0.15) is 0 Å². The van der Waals surface area contributed by atoms with Crippen LogP contribution in [0.4, 0.5) is 0 Å². The number of nitrogens with zero attached hydrogens (tertiary/aromatic N) is 1. The van der Waals surface area contributed by atoms with Gasteiger partial charge >= 0.3 is 0 Å². The van der Waals surface area contributed by atoms with Crippen LogP contribution in [0.15, 0.2) is 24.3 Å². The van der Waals surface area contributed by atoms with E-state index in [1.165, 1.54) is 22.9 Å². The molecule has 1 aliphatic carbocycles. The van der Waals surface area contributed by atoms with Gasteiger partial charge in [0.25, 0.3) is 0 Å². The second kappa shape index (κ2) is 8.15. The smallest absolute Gasteiger partial charge is 0.241 e. The number of thioether (sulfide) groups is 1. The molecule has 0 saturated carbocycles. The van der Waals surface area contributed by atoms with Gasteiger partial charge in [-0.05, 0) is 49.1 Å². The van der Waals surface area contributed by atoms with E-state index in [0.717, 1.165) is 38.4 Å². The summed E-state index contributed by atoms with van der Waals surface area (Å²) in [5.74, 6) is 1.22. The molecular weight excluding hydrogens is 360 g/mol. The Morgan fingerprint density at radius 3 is 2.67 bits per heavy atom. The minimum Gasteiger partial charge on any atom is -0.332 e. The maximum atomic E-state index is 12.9. The molecule has 2 aliphatic heterocycles. The average Bonchev–Trinajstić information content (AvgIpc) is 3.43. The van der Waals surface area contributed by atoms with Gasteiger partial charge in [-0.1, -0.05) is 24.3 Å². The zero-order valence-corrected chi connectivity index (χ0v) is 16.2. The van der Waals surface area contributed by atoms with Crippen LogP contribution in [0.2, 0.25) is 0 Å². The largest absolute Gasteiger partial charge is 0.332 e. The lowest BCUT2D eigenvalue weighted by molar-refractivity contribution is -0.137. The van der Waals surface area contributed by atoms with Crippen LogP contribution in [-0.4, -0.2) is 52.6 Å². The lowest BCUT2D eigenvalue weighted by Gasteiger charge is -2.26. The Bertz CT molecular complexity index is 713. The summed E-state index contributed by atoms with van der Waals surface area (Å²) in [6.45, 7) is 0.617. The Labute approximate surface area is 164 Å². The number of carbonyl (C=O) groups excluding carboxylic acids is 3. The van der Waals surface area contributed by atoms with E-state index in [9.17, 15) is 14.4 Å². The van der Waals surface area contributed by atoms with Gasteiger partial charge in [0.05, 0.1) is 11.3 Å². The summed E-state index contributed by atoms with van der Waals surface area (Å²) in [6.07, 6.45) is 5.96. The number of amides is 1. The van der Waals surface area contributed by atoms with Crippen molar-refractivity contribution in [3.63, 3.8) is 0 Å². The SMILES string of the molecule is O=C[C@@H]1CCCN1C(=O)[C@H]1NCSC1C(=O)CCC1Cc2ccccc2C1. The third-order valence-electron chi connectivity index (χ3n) is 6.13. The Hall–Kier alpha value is -1.66. The van der Waals surface area contributed by atoms with Gasteiger partial charge in [0.15, 0.2) is 0 Å². The van der Waals surface area contributed by atoms with E-state index in [4.69, 9.17) is 0 Å². The van der Waals surface area contributed by atoms with E-state index in [1.807, 2.05) is 0 Å². The lowest BCUT2D eigenvalue weighted by Crippen LogP contribution is -2.51. The van der Waals surface area contributed by atoms with Crippen LogP contribution in [-0.2, 0) is 27.2 Å². The van der Waals surface area contributed by atoms with Crippen LogP contribution < -0.4 is 5.32 Å². The van der Waals surface area contributed by atoms with Gasteiger partial charge in [-0.15, -0.1) is 11.8 Å². The van der Waals surface area contributed by atoms with Gasteiger partial charge in [0, 0.05) is 18.8 Å². The highest BCUT2D eigenvalue weighted by Gasteiger charge is 2.42. The molecule has 2 fully saturated rings. The maximum Gasteiger partial charge on any atom is 0.241 e. The fourth-order valence-corrected chi connectivity index (χ4v) is 5.82. The number of ketones is 1. The highest BCUT2D eigenvalue weighted by molar-refractivity contribution is 8.00. The van der Waals surface area contributed by atoms with E-state index >= 15 is 0 Å². The summed E-state index contributed by atoms with van der Waals surface area (Å²) in [4.78, 5) is 38.6. The fraction of sp³-hybridized carbons (Fsp3) is 0.571. The maximum absolute atomic E-state index is 12.9. The molecule has 3 aliphatic rings. The second-order valence-corrected chi connectivity index (χ2v) is 8.97. The molecule has 0 aromatic heterocycles. The van der Waals surface area contributed by atoms with Crippen molar-refractivity contribution >= 4 is 29.7 Å². The number of benzene rings is 1. The zero-order chi connectivity index (χ0) is 18.8. The van der Waals surface area contributed by atoms with Crippen molar-refractivity contribution in [3.8, 4) is 0 Å². The van der Waals surface area contributed by atoms with Crippen molar-refractivity contribution in [2.24, 2.45) is 5.92 Å². The number of nitrogens with one attached hydrogen (secondary N) is 1. The molecule has 1 unspecified atom stereocenters. The molecule has 27 heavy (non-hydrogen) atoms. The Kier molecular flexibility index (Phi) is 5.64. The lowest BCUT2D eigenvalue weighted by atomic mass is 9.96. The van der Waals surface area contributed by atoms with Crippen LogP contribution in [0.1, 0.15) is 36.8 Å². The number of likely N-dealkylation sites (tertiary alicyclic amines) is 1. The molecule has 1 aromatic rings. The molecule has 0 radical (unpaired) electrons. The van der Waals surface area contributed by atoms with Crippen molar-refractivity contribution in [1.82, 2.24) is 10.2 Å². The molecule has 0 spiro atoms. The molecule has 1 N–H and O–H groups in total.